The minimum atomic E-state index is 0.563. The van der Waals surface area contributed by atoms with Crippen LogP contribution in [0.15, 0.2) is 35.3 Å². The highest BCUT2D eigenvalue weighted by Crippen LogP contribution is 2.22. The van der Waals surface area contributed by atoms with Crippen molar-refractivity contribution in [1.82, 2.24) is 19.9 Å². The molecular weight excluding hydrogens is 268 g/mol. The molecule has 1 N–H and O–H groups in total. The highest BCUT2D eigenvalue weighted by Gasteiger charge is 2.22. The van der Waals surface area contributed by atoms with Crippen LogP contribution in [0.2, 0.25) is 0 Å². The standard InChI is InChI=1S/C11H11BrN4/c12-9-1-2-11(15-5-9)16-7-14-6-10(16)8-3-13-4-8/h1-2,5-8,13H,3-4H2. The number of imidazole rings is 1. The lowest BCUT2D eigenvalue weighted by Gasteiger charge is -2.27. The van der Waals surface area contributed by atoms with Gasteiger partial charge in [-0.25, -0.2) is 9.97 Å². The molecule has 1 aliphatic heterocycles. The molecule has 0 unspecified atom stereocenters. The lowest BCUT2D eigenvalue weighted by atomic mass is 10.00. The highest BCUT2D eigenvalue weighted by molar-refractivity contribution is 9.10. The molecule has 0 saturated carbocycles. The van der Waals surface area contributed by atoms with Gasteiger partial charge in [-0.2, -0.15) is 0 Å². The third-order valence-electron chi connectivity index (χ3n) is 2.83. The molecule has 0 amide bonds. The summed E-state index contributed by atoms with van der Waals surface area (Å²) in [6.07, 6.45) is 5.55. The summed E-state index contributed by atoms with van der Waals surface area (Å²) in [5.41, 5.74) is 1.23. The smallest absolute Gasteiger partial charge is 0.138 e. The summed E-state index contributed by atoms with van der Waals surface area (Å²) in [5, 5.41) is 3.27. The second kappa shape index (κ2) is 3.99. The number of hydrogen-bond donors (Lipinski definition) is 1. The summed E-state index contributed by atoms with van der Waals surface area (Å²) in [4.78, 5) is 8.59. The van der Waals surface area contributed by atoms with Crippen molar-refractivity contribution in [3.8, 4) is 5.82 Å². The first kappa shape index (κ1) is 9.99. The average Bonchev–Trinajstić information content (AvgIpc) is 2.65. The molecule has 1 saturated heterocycles. The second-order valence-electron chi connectivity index (χ2n) is 3.88. The van der Waals surface area contributed by atoms with Crippen LogP contribution >= 0.6 is 15.9 Å². The summed E-state index contributed by atoms with van der Waals surface area (Å²) in [6, 6.07) is 3.98. The van der Waals surface area contributed by atoms with E-state index < -0.39 is 0 Å². The van der Waals surface area contributed by atoms with Gasteiger partial charge in [-0.15, -0.1) is 0 Å². The van der Waals surface area contributed by atoms with Crippen LogP contribution in [-0.4, -0.2) is 27.6 Å². The van der Waals surface area contributed by atoms with E-state index >= 15 is 0 Å². The van der Waals surface area contributed by atoms with E-state index in [1.807, 2.05) is 24.7 Å². The maximum Gasteiger partial charge on any atom is 0.138 e. The van der Waals surface area contributed by atoms with Crippen LogP contribution in [0.4, 0.5) is 0 Å². The van der Waals surface area contributed by atoms with Gasteiger partial charge in [-0.3, -0.25) is 4.57 Å². The van der Waals surface area contributed by atoms with Crippen LogP contribution in [0.5, 0.6) is 0 Å². The maximum atomic E-state index is 4.38. The summed E-state index contributed by atoms with van der Waals surface area (Å²) < 4.78 is 3.04. The van der Waals surface area contributed by atoms with E-state index in [0.717, 1.165) is 23.4 Å². The number of halogens is 1. The van der Waals surface area contributed by atoms with Gasteiger partial charge in [0, 0.05) is 41.6 Å². The maximum absolute atomic E-state index is 4.38. The number of pyridine rings is 1. The van der Waals surface area contributed by atoms with Crippen molar-refractivity contribution in [3.63, 3.8) is 0 Å². The Balaban J connectivity index is 1.99. The largest absolute Gasteiger partial charge is 0.315 e. The van der Waals surface area contributed by atoms with Crippen molar-refractivity contribution < 1.29 is 0 Å². The average molecular weight is 279 g/mol. The molecule has 2 aromatic heterocycles. The van der Waals surface area contributed by atoms with Crippen LogP contribution in [0, 0.1) is 0 Å². The Morgan fingerprint density at radius 3 is 2.81 bits per heavy atom. The van der Waals surface area contributed by atoms with E-state index in [2.05, 4.69) is 35.8 Å². The van der Waals surface area contributed by atoms with Crippen molar-refractivity contribution in [1.29, 1.82) is 0 Å². The number of rotatable bonds is 2. The third-order valence-corrected chi connectivity index (χ3v) is 3.29. The minimum Gasteiger partial charge on any atom is -0.315 e. The van der Waals surface area contributed by atoms with Crippen LogP contribution in [0.25, 0.3) is 5.82 Å². The fourth-order valence-electron chi connectivity index (χ4n) is 1.81. The fraction of sp³-hybridized carbons (Fsp3) is 0.273. The SMILES string of the molecule is Brc1ccc(-n2cncc2C2CNC2)nc1. The number of aromatic nitrogens is 3. The molecule has 3 heterocycles. The number of hydrogen-bond acceptors (Lipinski definition) is 3. The normalized spacial score (nSPS) is 16.1. The first-order valence-electron chi connectivity index (χ1n) is 5.19. The van der Waals surface area contributed by atoms with Gasteiger partial charge in [0.05, 0.1) is 0 Å². The zero-order valence-electron chi connectivity index (χ0n) is 8.60. The molecule has 0 radical (unpaired) electrons. The summed E-state index contributed by atoms with van der Waals surface area (Å²) >= 11 is 3.38. The monoisotopic (exact) mass is 278 g/mol. The molecule has 2 aromatic rings. The van der Waals surface area contributed by atoms with E-state index in [4.69, 9.17) is 0 Å². The molecule has 0 aliphatic carbocycles. The molecule has 1 aliphatic rings. The molecule has 16 heavy (non-hydrogen) atoms. The Bertz CT molecular complexity index is 487. The van der Waals surface area contributed by atoms with Gasteiger partial charge in [0.2, 0.25) is 0 Å². The second-order valence-corrected chi connectivity index (χ2v) is 4.79. The predicted molar refractivity (Wildman–Crippen MR) is 64.7 cm³/mol. The minimum absolute atomic E-state index is 0.563. The van der Waals surface area contributed by atoms with E-state index in [1.54, 1.807) is 6.20 Å². The van der Waals surface area contributed by atoms with E-state index in [1.165, 1.54) is 5.69 Å². The molecule has 82 valence electrons. The molecule has 4 nitrogen and oxygen atoms in total. The van der Waals surface area contributed by atoms with Crippen LogP contribution in [-0.2, 0) is 0 Å². The molecule has 0 spiro atoms. The predicted octanol–water partition coefficient (Wildman–Crippen LogP) is 1.72. The Morgan fingerprint density at radius 1 is 1.31 bits per heavy atom. The van der Waals surface area contributed by atoms with Gasteiger partial charge in [-0.05, 0) is 28.1 Å². The zero-order valence-corrected chi connectivity index (χ0v) is 10.2. The Kier molecular flexibility index (Phi) is 2.49. The molecule has 3 rings (SSSR count). The fourth-order valence-corrected chi connectivity index (χ4v) is 2.04. The lowest BCUT2D eigenvalue weighted by Crippen LogP contribution is -2.40. The van der Waals surface area contributed by atoms with Gasteiger partial charge in [-0.1, -0.05) is 0 Å². The zero-order chi connectivity index (χ0) is 11.0. The van der Waals surface area contributed by atoms with Crippen molar-refractivity contribution in [2.75, 3.05) is 13.1 Å². The van der Waals surface area contributed by atoms with Gasteiger partial charge in [0.25, 0.3) is 0 Å². The molecule has 0 atom stereocenters. The quantitative estimate of drug-likeness (QED) is 0.910. The van der Waals surface area contributed by atoms with Crippen molar-refractivity contribution in [2.45, 2.75) is 5.92 Å². The highest BCUT2D eigenvalue weighted by atomic mass is 79.9. The number of nitrogens with one attached hydrogen (secondary N) is 1. The summed E-state index contributed by atoms with van der Waals surface area (Å²) in [5.74, 6) is 1.48. The van der Waals surface area contributed by atoms with Crippen LogP contribution in [0.3, 0.4) is 0 Å². The van der Waals surface area contributed by atoms with Crippen molar-refractivity contribution in [3.05, 3.63) is 41.0 Å². The van der Waals surface area contributed by atoms with Crippen molar-refractivity contribution >= 4 is 15.9 Å². The Morgan fingerprint density at radius 2 is 2.19 bits per heavy atom. The van der Waals surface area contributed by atoms with E-state index in [9.17, 15) is 0 Å². The summed E-state index contributed by atoms with van der Waals surface area (Å²) in [6.45, 7) is 2.06. The first-order chi connectivity index (χ1) is 7.84. The van der Waals surface area contributed by atoms with Gasteiger partial charge in [0.1, 0.15) is 12.1 Å². The number of nitrogens with zero attached hydrogens (tertiary/aromatic N) is 3. The van der Waals surface area contributed by atoms with E-state index in [-0.39, 0.29) is 0 Å². The lowest BCUT2D eigenvalue weighted by molar-refractivity contribution is 0.435. The summed E-state index contributed by atoms with van der Waals surface area (Å²) in [7, 11) is 0. The van der Waals surface area contributed by atoms with Crippen LogP contribution < -0.4 is 5.32 Å². The third kappa shape index (κ3) is 1.66. The molecule has 5 heteroatoms. The van der Waals surface area contributed by atoms with Gasteiger partial charge in [0.15, 0.2) is 0 Å². The molecule has 0 aromatic carbocycles. The first-order valence-corrected chi connectivity index (χ1v) is 5.99. The topological polar surface area (TPSA) is 42.7 Å². The van der Waals surface area contributed by atoms with Gasteiger partial charge < -0.3 is 5.32 Å². The molecule has 0 bridgehead atoms. The Labute approximate surface area is 102 Å². The van der Waals surface area contributed by atoms with E-state index in [0.29, 0.717) is 5.92 Å². The van der Waals surface area contributed by atoms with Gasteiger partial charge >= 0.3 is 0 Å². The molecular formula is C11H11BrN4. The van der Waals surface area contributed by atoms with Crippen LogP contribution in [0.1, 0.15) is 11.6 Å². The molecule has 1 fully saturated rings. The van der Waals surface area contributed by atoms with Crippen molar-refractivity contribution in [2.24, 2.45) is 0 Å². The Hall–Kier alpha value is -1.20.